The molecular weight excluding hydrogens is 363 g/mol. The smallest absolute Gasteiger partial charge is 0.220 e. The number of nitrogen functional groups attached to an aromatic ring is 1. The summed E-state index contributed by atoms with van der Waals surface area (Å²) >= 11 is 7.51. The van der Waals surface area contributed by atoms with Crippen LogP contribution in [0.15, 0.2) is 12.3 Å². The van der Waals surface area contributed by atoms with Crippen molar-refractivity contribution >= 4 is 39.1 Å². The highest BCUT2D eigenvalue weighted by molar-refractivity contribution is 7.19. The first kappa shape index (κ1) is 18.0. The van der Waals surface area contributed by atoms with E-state index in [1.165, 1.54) is 23.6 Å². The molecule has 8 heteroatoms. The van der Waals surface area contributed by atoms with Crippen LogP contribution in [0.1, 0.15) is 44.2 Å². The van der Waals surface area contributed by atoms with E-state index >= 15 is 0 Å². The molecule has 2 heterocycles. The number of hydrogen-bond donors (Lipinski definition) is 2. The lowest BCUT2D eigenvalue weighted by Gasteiger charge is -2.15. The first-order valence-electron chi connectivity index (χ1n) is 7.73. The summed E-state index contributed by atoms with van der Waals surface area (Å²) in [6, 6.07) is 1.37. The largest absolute Gasteiger partial charge is 0.383 e. The Morgan fingerprint density at radius 2 is 2.00 bits per heavy atom. The average molecular weight is 381 g/mol. The van der Waals surface area contributed by atoms with Crippen LogP contribution in [0.4, 0.5) is 10.3 Å². The molecule has 3 N–H and O–H groups in total. The van der Waals surface area contributed by atoms with Gasteiger partial charge in [-0.25, -0.2) is 19.3 Å². The van der Waals surface area contributed by atoms with Gasteiger partial charge in [0, 0.05) is 5.56 Å². The summed E-state index contributed by atoms with van der Waals surface area (Å²) in [6.07, 6.45) is 1.40. The van der Waals surface area contributed by atoms with E-state index in [4.69, 9.17) is 17.3 Å². The average Bonchev–Trinajstić information content (AvgIpc) is 2.94. The minimum absolute atomic E-state index is 0.0560. The Bertz CT molecular complexity index is 965. The minimum atomic E-state index is -1.15. The van der Waals surface area contributed by atoms with Crippen LogP contribution >= 0.6 is 22.9 Å². The van der Waals surface area contributed by atoms with Gasteiger partial charge < -0.3 is 10.8 Å². The lowest BCUT2D eigenvalue weighted by atomic mass is 9.94. The van der Waals surface area contributed by atoms with Gasteiger partial charge in [-0.3, -0.25) is 0 Å². The van der Waals surface area contributed by atoms with Gasteiger partial charge in [0.25, 0.3) is 0 Å². The third-order valence-electron chi connectivity index (χ3n) is 3.78. The Balaban J connectivity index is 2.40. The third kappa shape index (κ3) is 3.19. The predicted octanol–water partition coefficient (Wildman–Crippen LogP) is 4.48. The van der Waals surface area contributed by atoms with Crippen molar-refractivity contribution in [2.24, 2.45) is 0 Å². The fraction of sp³-hybridized carbons (Fsp3) is 0.353. The third-order valence-corrected chi connectivity index (χ3v) is 5.46. The van der Waals surface area contributed by atoms with Crippen molar-refractivity contribution < 1.29 is 9.50 Å². The van der Waals surface area contributed by atoms with Gasteiger partial charge in [-0.15, -0.1) is 11.3 Å². The Hall–Kier alpha value is -1.83. The molecule has 0 saturated carbocycles. The van der Waals surface area contributed by atoms with Crippen LogP contribution in [0.25, 0.3) is 21.5 Å². The number of halogens is 2. The van der Waals surface area contributed by atoms with Crippen molar-refractivity contribution in [1.82, 2.24) is 15.0 Å². The summed E-state index contributed by atoms with van der Waals surface area (Å²) in [5, 5.41) is 11.0. The zero-order chi connectivity index (χ0) is 18.5. The Morgan fingerprint density at radius 1 is 1.32 bits per heavy atom. The van der Waals surface area contributed by atoms with Crippen LogP contribution in [0, 0.1) is 5.82 Å². The highest BCUT2D eigenvalue weighted by Gasteiger charge is 2.26. The topological polar surface area (TPSA) is 84.9 Å². The molecule has 132 valence electrons. The lowest BCUT2D eigenvalue weighted by Crippen LogP contribution is -2.14. The lowest BCUT2D eigenvalue weighted by molar-refractivity contribution is 0.0785. The van der Waals surface area contributed by atoms with Gasteiger partial charge in [-0.2, -0.15) is 0 Å². The van der Waals surface area contributed by atoms with E-state index in [-0.39, 0.29) is 17.4 Å². The zero-order valence-electron chi connectivity index (χ0n) is 14.3. The number of nitrogens with two attached hydrogens (primary N) is 1. The summed E-state index contributed by atoms with van der Waals surface area (Å²) < 4.78 is 15.4. The van der Waals surface area contributed by atoms with Gasteiger partial charge in [0.15, 0.2) is 5.82 Å². The molecule has 0 aliphatic carbocycles. The van der Waals surface area contributed by atoms with E-state index in [0.29, 0.717) is 26.0 Å². The molecule has 2 aromatic heterocycles. The molecule has 0 radical (unpaired) electrons. The summed E-state index contributed by atoms with van der Waals surface area (Å²) in [7, 11) is 0. The van der Waals surface area contributed by atoms with Crippen LogP contribution in [0.2, 0.25) is 5.02 Å². The molecular formula is C17H18ClFN4OS. The number of anilines is 1. The molecule has 0 aliphatic rings. The molecule has 0 saturated heterocycles. The van der Waals surface area contributed by atoms with Gasteiger partial charge in [0.1, 0.15) is 16.1 Å². The van der Waals surface area contributed by atoms with E-state index in [0.717, 1.165) is 5.56 Å². The number of aliphatic hydroxyl groups is 1. The van der Waals surface area contributed by atoms with Crippen molar-refractivity contribution in [3.05, 3.63) is 33.7 Å². The molecule has 0 spiro atoms. The molecule has 25 heavy (non-hydrogen) atoms. The maximum Gasteiger partial charge on any atom is 0.220 e. The predicted molar refractivity (Wildman–Crippen MR) is 99.4 cm³/mol. The number of aromatic nitrogens is 3. The maximum atomic E-state index is 14.8. The summed E-state index contributed by atoms with van der Waals surface area (Å²) in [4.78, 5) is 12.4. The molecule has 0 unspecified atom stereocenters. The fourth-order valence-corrected chi connectivity index (χ4v) is 4.13. The number of rotatable bonds is 3. The van der Waals surface area contributed by atoms with Crippen LogP contribution in [0.3, 0.4) is 0 Å². The van der Waals surface area contributed by atoms with Gasteiger partial charge in [-0.05, 0) is 31.4 Å². The van der Waals surface area contributed by atoms with Crippen molar-refractivity contribution in [3.63, 3.8) is 0 Å². The van der Waals surface area contributed by atoms with E-state index in [1.54, 1.807) is 13.8 Å². The second-order valence-electron chi connectivity index (χ2n) is 6.65. The minimum Gasteiger partial charge on any atom is -0.383 e. The van der Waals surface area contributed by atoms with Crippen molar-refractivity contribution in [2.75, 3.05) is 5.73 Å². The highest BCUT2D eigenvalue weighted by Crippen LogP contribution is 2.42. The maximum absolute atomic E-state index is 14.8. The summed E-state index contributed by atoms with van der Waals surface area (Å²) in [6.45, 7) is 7.25. The normalized spacial score (nSPS) is 12.3. The van der Waals surface area contributed by atoms with Crippen LogP contribution in [-0.4, -0.2) is 20.1 Å². The second kappa shape index (κ2) is 6.16. The van der Waals surface area contributed by atoms with E-state index in [2.05, 4.69) is 15.0 Å². The number of benzene rings is 1. The Labute approximate surface area is 153 Å². The monoisotopic (exact) mass is 380 g/mol. The molecule has 0 atom stereocenters. The van der Waals surface area contributed by atoms with Crippen molar-refractivity contribution in [1.29, 1.82) is 0 Å². The molecule has 0 amide bonds. The molecule has 5 nitrogen and oxygen atoms in total. The first-order chi connectivity index (χ1) is 11.6. The number of hydrogen-bond acceptors (Lipinski definition) is 6. The van der Waals surface area contributed by atoms with E-state index < -0.39 is 11.4 Å². The van der Waals surface area contributed by atoms with Gasteiger partial charge >= 0.3 is 0 Å². The van der Waals surface area contributed by atoms with Gasteiger partial charge in [0.05, 0.1) is 21.6 Å². The van der Waals surface area contributed by atoms with E-state index in [9.17, 15) is 9.50 Å². The van der Waals surface area contributed by atoms with Crippen LogP contribution in [0.5, 0.6) is 0 Å². The molecule has 0 fully saturated rings. The standard InChI is InChI=1S/C17H18ClFN4OS/c1-7(2)11-8(12-9(18)6-21-16(20)23-12)5-10(19)13-14(11)25-15(22-13)17(3,4)24/h5-7,24H,1-4H3,(H2,20,21,23). The Morgan fingerprint density at radius 3 is 2.60 bits per heavy atom. The van der Waals surface area contributed by atoms with Crippen LogP contribution in [-0.2, 0) is 5.60 Å². The number of thiazole rings is 1. The summed E-state index contributed by atoms with van der Waals surface area (Å²) in [5.41, 5.74) is 6.59. The van der Waals surface area contributed by atoms with E-state index in [1.807, 2.05) is 13.8 Å². The summed E-state index contributed by atoms with van der Waals surface area (Å²) in [5.74, 6) is -0.369. The van der Waals surface area contributed by atoms with Crippen molar-refractivity contribution in [3.8, 4) is 11.3 Å². The molecule has 3 rings (SSSR count). The quantitative estimate of drug-likeness (QED) is 0.699. The molecule has 1 aromatic carbocycles. The Kier molecular flexibility index (Phi) is 4.43. The fourth-order valence-electron chi connectivity index (χ4n) is 2.66. The van der Waals surface area contributed by atoms with Gasteiger partial charge in [0.2, 0.25) is 5.95 Å². The molecule has 0 aliphatic heterocycles. The first-order valence-corrected chi connectivity index (χ1v) is 8.93. The SMILES string of the molecule is CC(C)c1c(-c2nc(N)ncc2Cl)cc(F)c2nc(C(C)(C)O)sc12. The highest BCUT2D eigenvalue weighted by atomic mass is 35.5. The van der Waals surface area contributed by atoms with Crippen LogP contribution < -0.4 is 5.73 Å². The number of nitrogens with zero attached hydrogens (tertiary/aromatic N) is 3. The van der Waals surface area contributed by atoms with Crippen molar-refractivity contribution in [2.45, 2.75) is 39.2 Å². The molecule has 3 aromatic rings. The zero-order valence-corrected chi connectivity index (χ0v) is 15.8. The van der Waals surface area contributed by atoms with Gasteiger partial charge in [-0.1, -0.05) is 25.4 Å². The number of fused-ring (bicyclic) bond motifs is 1. The molecule has 0 bridgehead atoms. The second-order valence-corrected chi connectivity index (χ2v) is 8.06.